The van der Waals surface area contributed by atoms with Crippen LogP contribution in [0.5, 0.6) is 0 Å². The Balaban J connectivity index is 1.53. The summed E-state index contributed by atoms with van der Waals surface area (Å²) in [6.45, 7) is 2.73. The second kappa shape index (κ2) is 11.1. The van der Waals surface area contributed by atoms with Crippen molar-refractivity contribution in [2.75, 3.05) is 32.1 Å². The van der Waals surface area contributed by atoms with Crippen LogP contribution in [0.3, 0.4) is 0 Å². The Morgan fingerprint density at radius 2 is 1.77 bits per heavy atom. The van der Waals surface area contributed by atoms with E-state index < -0.39 is 0 Å². The number of piperidine rings is 1. The highest BCUT2D eigenvalue weighted by atomic mass is 16.6. The lowest BCUT2D eigenvalue weighted by Crippen LogP contribution is -2.30. The monoisotopic (exact) mass is 423 g/mol. The van der Waals surface area contributed by atoms with Crippen LogP contribution < -0.4 is 16.4 Å². The summed E-state index contributed by atoms with van der Waals surface area (Å²) in [4.78, 5) is 31.3. The molecule has 2 aromatic carbocycles. The number of carbonyl (C=O) groups excluding carboxylic acids is 2. The summed E-state index contributed by atoms with van der Waals surface area (Å²) >= 11 is 0. The van der Waals surface area contributed by atoms with Crippen LogP contribution in [-0.4, -0.2) is 49.3 Å². The molecule has 8 heteroatoms. The molecular weight excluding hydrogens is 394 g/mol. The minimum atomic E-state index is -0.370. The Kier molecular flexibility index (Phi) is 8.00. The predicted molar refractivity (Wildman–Crippen MR) is 121 cm³/mol. The van der Waals surface area contributed by atoms with Gasteiger partial charge in [-0.2, -0.15) is 0 Å². The molecule has 0 spiro atoms. The van der Waals surface area contributed by atoms with Crippen LogP contribution in [0.2, 0.25) is 0 Å². The van der Waals surface area contributed by atoms with Crippen LogP contribution in [0, 0.1) is 0 Å². The smallest absolute Gasteiger partial charge is 0.265 e. The Labute approximate surface area is 182 Å². The quantitative estimate of drug-likeness (QED) is 0.343. The molecule has 0 aromatic heterocycles. The van der Waals surface area contributed by atoms with E-state index in [-0.39, 0.29) is 24.3 Å². The van der Waals surface area contributed by atoms with Crippen molar-refractivity contribution >= 4 is 23.3 Å². The molecule has 31 heavy (non-hydrogen) atoms. The van der Waals surface area contributed by atoms with Gasteiger partial charge in [-0.1, -0.05) is 35.8 Å². The number of nitrogens with one attached hydrogen (secondary N) is 2. The largest absolute Gasteiger partial charge is 0.384 e. The van der Waals surface area contributed by atoms with E-state index in [9.17, 15) is 9.59 Å². The van der Waals surface area contributed by atoms with Gasteiger partial charge >= 0.3 is 0 Å². The number of hydrogen-bond acceptors (Lipinski definition) is 5. The Morgan fingerprint density at radius 3 is 2.48 bits per heavy atom. The highest BCUT2D eigenvalue weighted by Crippen LogP contribution is 2.16. The summed E-state index contributed by atoms with van der Waals surface area (Å²) in [5.74, 6) is -0.312. The number of benzene rings is 2. The molecule has 1 saturated heterocycles. The number of amidine groups is 1. The molecule has 0 aliphatic carbocycles. The first-order chi connectivity index (χ1) is 15.1. The molecule has 0 saturated carbocycles. The van der Waals surface area contributed by atoms with Crippen LogP contribution >= 0.6 is 0 Å². The van der Waals surface area contributed by atoms with Crippen molar-refractivity contribution in [3.8, 4) is 0 Å². The van der Waals surface area contributed by atoms with E-state index >= 15 is 0 Å². The second-order valence-corrected chi connectivity index (χ2v) is 7.45. The summed E-state index contributed by atoms with van der Waals surface area (Å²) < 4.78 is 0. The summed E-state index contributed by atoms with van der Waals surface area (Å²) in [6.07, 6.45) is 3.73. The maximum atomic E-state index is 12.1. The third-order valence-corrected chi connectivity index (χ3v) is 5.15. The number of rotatable bonds is 8. The van der Waals surface area contributed by atoms with Gasteiger partial charge in [0, 0.05) is 30.4 Å². The molecule has 3 rings (SSSR count). The van der Waals surface area contributed by atoms with Gasteiger partial charge in [0.1, 0.15) is 0 Å². The lowest BCUT2D eigenvalue weighted by Gasteiger charge is -2.27. The molecule has 1 heterocycles. The Hall–Kier alpha value is -3.39. The maximum absolute atomic E-state index is 12.1. The molecule has 0 unspecified atom stereocenters. The van der Waals surface area contributed by atoms with Gasteiger partial charge in [-0.05, 0) is 55.8 Å². The number of hydrogen-bond donors (Lipinski definition) is 3. The highest BCUT2D eigenvalue weighted by molar-refractivity contribution is 5.98. The zero-order valence-electron chi connectivity index (χ0n) is 17.8. The topological polar surface area (TPSA) is 109 Å². The van der Waals surface area contributed by atoms with Crippen LogP contribution in [0.25, 0.3) is 0 Å². The Morgan fingerprint density at radius 1 is 1.06 bits per heavy atom. The fourth-order valence-corrected chi connectivity index (χ4v) is 3.52. The average molecular weight is 424 g/mol. The number of nitrogens with two attached hydrogens (primary N) is 1. The van der Waals surface area contributed by atoms with Crippen LogP contribution in [-0.2, 0) is 16.2 Å². The fraction of sp³-hybridized carbons (Fsp3) is 0.348. The molecule has 2 aromatic rings. The fourth-order valence-electron chi connectivity index (χ4n) is 3.52. The molecule has 2 amide bonds. The zero-order chi connectivity index (χ0) is 22.1. The standard InChI is InChI=1S/C23H29N5O3/c1-25-23(30)17-9-11-19(12-10-17)26-21(29)16-31-27-22(24)20-8-4-3-7-18(20)15-28-13-5-2-6-14-28/h3-4,7-12H,2,5-6,13-16H2,1H3,(H2,24,27)(H,25,30)(H,26,29). The lowest BCUT2D eigenvalue weighted by atomic mass is 10.0. The minimum Gasteiger partial charge on any atom is -0.384 e. The van der Waals surface area contributed by atoms with E-state index in [2.05, 4.69) is 20.7 Å². The van der Waals surface area contributed by atoms with E-state index in [1.807, 2.05) is 24.3 Å². The maximum Gasteiger partial charge on any atom is 0.265 e. The summed E-state index contributed by atoms with van der Waals surface area (Å²) in [6, 6.07) is 14.4. The van der Waals surface area contributed by atoms with Gasteiger partial charge in [-0.3, -0.25) is 14.5 Å². The van der Waals surface area contributed by atoms with Crippen molar-refractivity contribution < 1.29 is 14.4 Å². The second-order valence-electron chi connectivity index (χ2n) is 7.45. The normalized spacial score (nSPS) is 14.7. The first-order valence-corrected chi connectivity index (χ1v) is 10.4. The highest BCUT2D eigenvalue weighted by Gasteiger charge is 2.14. The summed E-state index contributed by atoms with van der Waals surface area (Å²) in [5, 5.41) is 9.18. The molecule has 8 nitrogen and oxygen atoms in total. The number of nitrogens with zero attached hydrogens (tertiary/aromatic N) is 2. The molecule has 0 bridgehead atoms. The molecule has 1 aliphatic heterocycles. The summed E-state index contributed by atoms with van der Waals surface area (Å²) in [7, 11) is 1.56. The molecule has 0 radical (unpaired) electrons. The van der Waals surface area contributed by atoms with Crippen molar-refractivity contribution in [2.45, 2.75) is 25.8 Å². The number of amides is 2. The van der Waals surface area contributed by atoms with Crippen molar-refractivity contribution in [1.29, 1.82) is 0 Å². The van der Waals surface area contributed by atoms with Crippen molar-refractivity contribution in [3.05, 3.63) is 65.2 Å². The SMILES string of the molecule is CNC(=O)c1ccc(NC(=O)CO/N=C(/N)c2ccccc2CN2CCCCC2)cc1. The number of anilines is 1. The van der Waals surface area contributed by atoms with E-state index in [0.29, 0.717) is 11.3 Å². The van der Waals surface area contributed by atoms with Gasteiger partial charge in [0.25, 0.3) is 11.8 Å². The number of oxime groups is 1. The molecule has 4 N–H and O–H groups in total. The molecule has 164 valence electrons. The number of likely N-dealkylation sites (tertiary alicyclic amines) is 1. The van der Waals surface area contributed by atoms with Crippen molar-refractivity contribution in [1.82, 2.24) is 10.2 Å². The lowest BCUT2D eigenvalue weighted by molar-refractivity contribution is -0.120. The first kappa shape index (κ1) is 22.3. The molecule has 1 fully saturated rings. The van der Waals surface area contributed by atoms with Crippen molar-refractivity contribution in [2.24, 2.45) is 10.9 Å². The van der Waals surface area contributed by atoms with Gasteiger partial charge in [-0.25, -0.2) is 0 Å². The third kappa shape index (κ3) is 6.55. The Bertz CT molecular complexity index is 921. The van der Waals surface area contributed by atoms with Crippen LogP contribution in [0.1, 0.15) is 40.7 Å². The first-order valence-electron chi connectivity index (χ1n) is 10.4. The van der Waals surface area contributed by atoms with E-state index in [1.54, 1.807) is 31.3 Å². The zero-order valence-corrected chi connectivity index (χ0v) is 17.8. The average Bonchev–Trinajstić information content (AvgIpc) is 2.80. The van der Waals surface area contributed by atoms with Gasteiger partial charge in [0.05, 0.1) is 0 Å². The summed E-state index contributed by atoms with van der Waals surface area (Å²) in [5.41, 5.74) is 9.12. The van der Waals surface area contributed by atoms with Gasteiger partial charge in [0.2, 0.25) is 0 Å². The van der Waals surface area contributed by atoms with Gasteiger partial charge in [0.15, 0.2) is 12.4 Å². The van der Waals surface area contributed by atoms with Gasteiger partial charge < -0.3 is 21.2 Å². The molecule has 0 atom stereocenters. The van der Waals surface area contributed by atoms with Crippen LogP contribution in [0.15, 0.2) is 53.7 Å². The number of carbonyl (C=O) groups is 2. The van der Waals surface area contributed by atoms with E-state index in [4.69, 9.17) is 10.6 Å². The van der Waals surface area contributed by atoms with E-state index in [0.717, 1.165) is 30.8 Å². The molecule has 1 aliphatic rings. The predicted octanol–water partition coefficient (Wildman–Crippen LogP) is 2.31. The minimum absolute atomic E-state index is 0.188. The van der Waals surface area contributed by atoms with Crippen molar-refractivity contribution in [3.63, 3.8) is 0 Å². The van der Waals surface area contributed by atoms with E-state index in [1.165, 1.54) is 19.3 Å². The van der Waals surface area contributed by atoms with Gasteiger partial charge in [-0.15, -0.1) is 0 Å². The third-order valence-electron chi connectivity index (χ3n) is 5.15. The molecular formula is C23H29N5O3. The van der Waals surface area contributed by atoms with Crippen LogP contribution in [0.4, 0.5) is 5.69 Å².